The topological polar surface area (TPSA) is 92.4 Å². The predicted octanol–water partition coefficient (Wildman–Crippen LogP) is 1.28. The Labute approximate surface area is 112 Å². The molecule has 0 fully saturated rings. The standard InChI is InChI=1S/C11H17ClN2O3S/c1-3-8(6-15)14-18(16,17)11-5-10(13)9(12)4-7(11)2/h4-5,8,14-15H,3,6,13H2,1-2H3/t8-/m0/s1. The van der Waals surface area contributed by atoms with Gasteiger partial charge in [0.15, 0.2) is 0 Å². The lowest BCUT2D eigenvalue weighted by Gasteiger charge is -2.16. The number of sulfonamides is 1. The molecular weight excluding hydrogens is 276 g/mol. The van der Waals surface area contributed by atoms with E-state index in [1.54, 1.807) is 13.8 Å². The molecule has 0 amide bonds. The van der Waals surface area contributed by atoms with Crippen molar-refractivity contribution in [2.24, 2.45) is 0 Å². The summed E-state index contributed by atoms with van der Waals surface area (Å²) >= 11 is 5.82. The van der Waals surface area contributed by atoms with Gasteiger partial charge >= 0.3 is 0 Å². The number of hydrogen-bond acceptors (Lipinski definition) is 4. The van der Waals surface area contributed by atoms with Crippen molar-refractivity contribution in [3.05, 3.63) is 22.7 Å². The van der Waals surface area contributed by atoms with E-state index in [0.717, 1.165) is 0 Å². The fourth-order valence-corrected chi connectivity index (χ4v) is 3.28. The Morgan fingerprint density at radius 2 is 2.11 bits per heavy atom. The van der Waals surface area contributed by atoms with E-state index in [9.17, 15) is 8.42 Å². The number of nitrogens with two attached hydrogens (primary N) is 1. The van der Waals surface area contributed by atoms with E-state index in [4.69, 9.17) is 22.4 Å². The van der Waals surface area contributed by atoms with Crippen molar-refractivity contribution in [2.75, 3.05) is 12.3 Å². The molecule has 5 nitrogen and oxygen atoms in total. The van der Waals surface area contributed by atoms with Crippen LogP contribution in [0.1, 0.15) is 18.9 Å². The molecule has 1 atom stereocenters. The fraction of sp³-hybridized carbons (Fsp3) is 0.455. The second-order valence-electron chi connectivity index (χ2n) is 4.05. The number of halogens is 1. The monoisotopic (exact) mass is 292 g/mol. The lowest BCUT2D eigenvalue weighted by Crippen LogP contribution is -2.37. The van der Waals surface area contributed by atoms with Crippen molar-refractivity contribution in [2.45, 2.75) is 31.2 Å². The third kappa shape index (κ3) is 3.35. The predicted molar refractivity (Wildman–Crippen MR) is 72.1 cm³/mol. The number of rotatable bonds is 5. The first kappa shape index (κ1) is 15.2. The Morgan fingerprint density at radius 1 is 1.50 bits per heavy atom. The molecule has 1 rings (SSSR count). The molecule has 7 heteroatoms. The van der Waals surface area contributed by atoms with E-state index in [1.165, 1.54) is 12.1 Å². The van der Waals surface area contributed by atoms with Gasteiger partial charge in [-0.15, -0.1) is 0 Å². The van der Waals surface area contributed by atoms with Crippen LogP contribution < -0.4 is 10.5 Å². The van der Waals surface area contributed by atoms with E-state index in [-0.39, 0.29) is 17.2 Å². The Balaban J connectivity index is 3.16. The third-order valence-electron chi connectivity index (χ3n) is 2.62. The highest BCUT2D eigenvalue weighted by atomic mass is 35.5. The lowest BCUT2D eigenvalue weighted by atomic mass is 10.2. The summed E-state index contributed by atoms with van der Waals surface area (Å²) in [4.78, 5) is 0.0799. The summed E-state index contributed by atoms with van der Waals surface area (Å²) in [5.41, 5.74) is 6.33. The van der Waals surface area contributed by atoms with Crippen LogP contribution in [0.4, 0.5) is 5.69 Å². The molecule has 102 valence electrons. The van der Waals surface area contributed by atoms with Crippen LogP contribution in [-0.4, -0.2) is 26.2 Å². The number of anilines is 1. The van der Waals surface area contributed by atoms with Crippen LogP contribution in [0, 0.1) is 6.92 Å². The van der Waals surface area contributed by atoms with Gasteiger partial charge in [-0.05, 0) is 31.0 Å². The van der Waals surface area contributed by atoms with Gasteiger partial charge in [-0.2, -0.15) is 0 Å². The maximum Gasteiger partial charge on any atom is 0.241 e. The smallest absolute Gasteiger partial charge is 0.241 e. The number of hydrogen-bond donors (Lipinski definition) is 3. The van der Waals surface area contributed by atoms with Crippen LogP contribution in [0.2, 0.25) is 5.02 Å². The molecule has 0 spiro atoms. The molecule has 1 aromatic rings. The normalized spacial score (nSPS) is 13.6. The molecular formula is C11H17ClN2O3S. The molecule has 0 radical (unpaired) electrons. The Hall–Kier alpha value is -0.820. The highest BCUT2D eigenvalue weighted by Crippen LogP contribution is 2.26. The van der Waals surface area contributed by atoms with E-state index in [0.29, 0.717) is 17.0 Å². The number of nitrogens with one attached hydrogen (secondary N) is 1. The molecule has 4 N–H and O–H groups in total. The van der Waals surface area contributed by atoms with Crippen LogP contribution in [0.5, 0.6) is 0 Å². The van der Waals surface area contributed by atoms with Crippen LogP contribution in [0.25, 0.3) is 0 Å². The van der Waals surface area contributed by atoms with Gasteiger partial charge < -0.3 is 10.8 Å². The van der Waals surface area contributed by atoms with Crippen molar-refractivity contribution >= 4 is 27.3 Å². The van der Waals surface area contributed by atoms with Crippen molar-refractivity contribution in [3.8, 4) is 0 Å². The molecule has 0 aliphatic rings. The van der Waals surface area contributed by atoms with Crippen molar-refractivity contribution in [3.63, 3.8) is 0 Å². The molecule has 0 saturated carbocycles. The quantitative estimate of drug-likeness (QED) is 0.713. The maximum atomic E-state index is 12.1. The Morgan fingerprint density at radius 3 is 2.61 bits per heavy atom. The van der Waals surface area contributed by atoms with Gasteiger partial charge in [0.05, 0.1) is 22.2 Å². The minimum absolute atomic E-state index is 0.0799. The summed E-state index contributed by atoms with van der Waals surface area (Å²) < 4.78 is 26.7. The zero-order valence-corrected chi connectivity index (χ0v) is 11.8. The second kappa shape index (κ2) is 5.88. The molecule has 1 aromatic carbocycles. The molecule has 0 aliphatic heterocycles. The van der Waals surface area contributed by atoms with E-state index >= 15 is 0 Å². The van der Waals surface area contributed by atoms with Gasteiger partial charge in [0.25, 0.3) is 0 Å². The first-order valence-corrected chi connectivity index (χ1v) is 7.36. The number of nitrogen functional groups attached to an aromatic ring is 1. The minimum Gasteiger partial charge on any atom is -0.397 e. The largest absolute Gasteiger partial charge is 0.397 e. The first-order valence-electron chi connectivity index (χ1n) is 5.50. The van der Waals surface area contributed by atoms with Gasteiger partial charge in [0.1, 0.15) is 0 Å². The molecule has 0 aromatic heterocycles. The fourth-order valence-electron chi connectivity index (χ4n) is 1.49. The number of aryl methyl sites for hydroxylation is 1. The Kier molecular flexibility index (Phi) is 4.98. The highest BCUT2D eigenvalue weighted by molar-refractivity contribution is 7.89. The molecule has 0 aliphatic carbocycles. The SMILES string of the molecule is CC[C@@H](CO)NS(=O)(=O)c1cc(N)c(Cl)cc1C. The van der Waals surface area contributed by atoms with Gasteiger partial charge in [-0.25, -0.2) is 13.1 Å². The van der Waals surface area contributed by atoms with Crippen molar-refractivity contribution in [1.82, 2.24) is 4.72 Å². The van der Waals surface area contributed by atoms with Gasteiger partial charge in [0.2, 0.25) is 10.0 Å². The summed E-state index contributed by atoms with van der Waals surface area (Å²) in [7, 11) is -3.70. The zero-order valence-electron chi connectivity index (χ0n) is 10.3. The highest BCUT2D eigenvalue weighted by Gasteiger charge is 2.21. The first-order chi connectivity index (χ1) is 8.31. The molecule has 0 bridgehead atoms. The molecule has 0 unspecified atom stereocenters. The minimum atomic E-state index is -3.70. The zero-order chi connectivity index (χ0) is 13.9. The van der Waals surface area contributed by atoms with Crippen molar-refractivity contribution < 1.29 is 13.5 Å². The van der Waals surface area contributed by atoms with Crippen LogP contribution in [0.15, 0.2) is 17.0 Å². The third-order valence-corrected chi connectivity index (χ3v) is 4.61. The summed E-state index contributed by atoms with van der Waals surface area (Å²) in [6.07, 6.45) is 0.498. The molecule has 0 saturated heterocycles. The van der Waals surface area contributed by atoms with E-state index in [1.807, 2.05) is 0 Å². The van der Waals surface area contributed by atoms with Crippen LogP contribution in [-0.2, 0) is 10.0 Å². The summed E-state index contributed by atoms with van der Waals surface area (Å²) in [6.45, 7) is 3.17. The summed E-state index contributed by atoms with van der Waals surface area (Å²) in [5, 5.41) is 9.35. The Bertz CT molecular complexity index is 527. The van der Waals surface area contributed by atoms with Crippen LogP contribution in [0.3, 0.4) is 0 Å². The van der Waals surface area contributed by atoms with E-state index in [2.05, 4.69) is 4.72 Å². The number of aliphatic hydroxyl groups excluding tert-OH is 1. The van der Waals surface area contributed by atoms with Gasteiger partial charge in [0, 0.05) is 6.04 Å². The maximum absolute atomic E-state index is 12.1. The summed E-state index contributed by atoms with van der Waals surface area (Å²) in [6, 6.07) is 2.32. The number of aliphatic hydroxyl groups is 1. The average Bonchev–Trinajstić information content (AvgIpc) is 2.30. The second-order valence-corrected chi connectivity index (χ2v) is 6.14. The lowest BCUT2D eigenvalue weighted by molar-refractivity contribution is 0.254. The average molecular weight is 293 g/mol. The van der Waals surface area contributed by atoms with Crippen LogP contribution >= 0.6 is 11.6 Å². The molecule has 0 heterocycles. The van der Waals surface area contributed by atoms with Gasteiger partial charge in [-0.3, -0.25) is 0 Å². The van der Waals surface area contributed by atoms with Crippen molar-refractivity contribution in [1.29, 1.82) is 0 Å². The van der Waals surface area contributed by atoms with E-state index < -0.39 is 16.1 Å². The molecule has 18 heavy (non-hydrogen) atoms. The number of benzene rings is 1. The van der Waals surface area contributed by atoms with Gasteiger partial charge in [-0.1, -0.05) is 18.5 Å². The summed E-state index contributed by atoms with van der Waals surface area (Å²) in [5.74, 6) is 0.